The summed E-state index contributed by atoms with van der Waals surface area (Å²) in [6.07, 6.45) is -0.446. The minimum atomic E-state index is -0.446. The Morgan fingerprint density at radius 2 is 2.29 bits per heavy atom. The van der Waals surface area contributed by atoms with Crippen LogP contribution in [0.3, 0.4) is 0 Å². The van der Waals surface area contributed by atoms with Crippen LogP contribution in [0.1, 0.15) is 52.8 Å². The monoisotopic (exact) mass is 349 g/mol. The van der Waals surface area contributed by atoms with Crippen molar-refractivity contribution in [3.63, 3.8) is 0 Å². The molecule has 2 aromatic heterocycles. The molecule has 0 saturated carbocycles. The Hall–Kier alpha value is -2.13. The van der Waals surface area contributed by atoms with Gasteiger partial charge in [0.2, 0.25) is 0 Å². The van der Waals surface area contributed by atoms with E-state index >= 15 is 0 Å². The number of hydrogen-bond donors (Lipinski definition) is 1. The van der Waals surface area contributed by atoms with Gasteiger partial charge in [0.15, 0.2) is 0 Å². The number of aromatic amines is 1. The normalized spacial score (nSPS) is 18.2. The van der Waals surface area contributed by atoms with Gasteiger partial charge >= 0.3 is 0 Å². The molecular weight excluding hydrogens is 330 g/mol. The lowest BCUT2D eigenvalue weighted by atomic mass is 10.1. The molecule has 0 spiro atoms. The first-order chi connectivity index (χ1) is 11.5. The number of H-pyrrole nitrogens is 1. The molecule has 9 heteroatoms. The molecule has 8 nitrogen and oxygen atoms in total. The first-order valence-corrected chi connectivity index (χ1v) is 8.54. The Bertz CT molecular complexity index is 800. The second kappa shape index (κ2) is 6.78. The van der Waals surface area contributed by atoms with Crippen LogP contribution in [0.2, 0.25) is 0 Å². The van der Waals surface area contributed by atoms with Gasteiger partial charge in [0.1, 0.15) is 16.8 Å². The average Bonchev–Trinajstić information content (AvgIpc) is 3.03. The Labute approximate surface area is 143 Å². The number of rotatable bonds is 3. The van der Waals surface area contributed by atoms with Crippen LogP contribution in [0.4, 0.5) is 0 Å². The number of aromatic nitrogens is 4. The Kier molecular flexibility index (Phi) is 4.72. The van der Waals surface area contributed by atoms with Gasteiger partial charge in [-0.2, -0.15) is 0 Å². The number of nitrogens with zero attached hydrogens (tertiary/aromatic N) is 4. The molecule has 3 heterocycles. The van der Waals surface area contributed by atoms with Gasteiger partial charge < -0.3 is 14.6 Å². The van der Waals surface area contributed by atoms with Crippen LogP contribution >= 0.6 is 11.5 Å². The molecule has 1 N–H and O–H groups in total. The van der Waals surface area contributed by atoms with Crippen LogP contribution in [-0.2, 0) is 4.74 Å². The second-order valence-corrected chi connectivity index (χ2v) is 6.78. The Morgan fingerprint density at radius 1 is 1.50 bits per heavy atom. The smallest absolute Gasteiger partial charge is 0.267 e. The van der Waals surface area contributed by atoms with Gasteiger partial charge in [0, 0.05) is 18.3 Å². The topological polar surface area (TPSA) is 101 Å². The summed E-state index contributed by atoms with van der Waals surface area (Å²) in [5.41, 5.74) is 1.11. The first kappa shape index (κ1) is 16.7. The Balaban J connectivity index is 1.81. The molecule has 3 rings (SSSR count). The highest BCUT2D eigenvalue weighted by molar-refractivity contribution is 7.08. The molecule has 1 aliphatic heterocycles. The van der Waals surface area contributed by atoms with Crippen molar-refractivity contribution in [2.24, 2.45) is 0 Å². The number of ether oxygens (including phenoxy) is 1. The highest BCUT2D eigenvalue weighted by Crippen LogP contribution is 2.25. The predicted molar refractivity (Wildman–Crippen MR) is 88.2 cm³/mol. The van der Waals surface area contributed by atoms with Crippen molar-refractivity contribution < 1.29 is 9.53 Å². The van der Waals surface area contributed by atoms with E-state index in [2.05, 4.69) is 19.6 Å². The molecule has 2 aromatic rings. The van der Waals surface area contributed by atoms with E-state index in [0.717, 1.165) is 17.2 Å². The maximum Gasteiger partial charge on any atom is 0.267 e. The van der Waals surface area contributed by atoms with E-state index < -0.39 is 6.10 Å². The number of amides is 1. The summed E-state index contributed by atoms with van der Waals surface area (Å²) in [7, 11) is 0. The maximum absolute atomic E-state index is 12.8. The van der Waals surface area contributed by atoms with Gasteiger partial charge in [-0.25, -0.2) is 4.98 Å². The van der Waals surface area contributed by atoms with E-state index in [1.54, 1.807) is 11.8 Å². The lowest BCUT2D eigenvalue weighted by molar-refractivity contribution is -0.0268. The lowest BCUT2D eigenvalue weighted by Crippen LogP contribution is -2.43. The highest BCUT2D eigenvalue weighted by Gasteiger charge is 2.30. The van der Waals surface area contributed by atoms with E-state index in [4.69, 9.17) is 4.74 Å². The quantitative estimate of drug-likeness (QED) is 0.895. The molecule has 1 saturated heterocycles. The zero-order valence-electron chi connectivity index (χ0n) is 13.8. The SMILES string of the molecule is Cc1cc(=O)[nH]c([C@H]2CN(C(=O)c3snnc3C(C)C)CCO2)n1. The third-order valence-corrected chi connectivity index (χ3v) is 4.53. The Morgan fingerprint density at radius 3 is 3.00 bits per heavy atom. The van der Waals surface area contributed by atoms with Crippen molar-refractivity contribution in [3.05, 3.63) is 38.5 Å². The summed E-state index contributed by atoms with van der Waals surface area (Å²) in [5.74, 6) is 0.482. The molecule has 0 bridgehead atoms. The predicted octanol–water partition coefficient (Wildman–Crippen LogP) is 1.27. The summed E-state index contributed by atoms with van der Waals surface area (Å²) in [6, 6.07) is 1.42. The largest absolute Gasteiger partial charge is 0.367 e. The molecule has 1 aliphatic rings. The van der Waals surface area contributed by atoms with Gasteiger partial charge in [0.25, 0.3) is 11.5 Å². The van der Waals surface area contributed by atoms with Gasteiger partial charge in [-0.1, -0.05) is 18.3 Å². The number of nitrogens with one attached hydrogen (secondary N) is 1. The maximum atomic E-state index is 12.8. The summed E-state index contributed by atoms with van der Waals surface area (Å²) >= 11 is 1.11. The van der Waals surface area contributed by atoms with E-state index in [1.165, 1.54) is 6.07 Å². The summed E-state index contributed by atoms with van der Waals surface area (Å²) in [5, 5.41) is 4.06. The van der Waals surface area contributed by atoms with Crippen LogP contribution < -0.4 is 5.56 Å². The van der Waals surface area contributed by atoms with Crippen molar-refractivity contribution in [3.8, 4) is 0 Å². The van der Waals surface area contributed by atoms with E-state index in [0.29, 0.717) is 36.1 Å². The third kappa shape index (κ3) is 3.36. The molecule has 0 aliphatic carbocycles. The van der Waals surface area contributed by atoms with Crippen LogP contribution in [0.5, 0.6) is 0 Å². The average molecular weight is 349 g/mol. The summed E-state index contributed by atoms with van der Waals surface area (Å²) in [4.78, 5) is 33.7. The number of carbonyl (C=O) groups excluding carboxylic acids is 1. The fourth-order valence-electron chi connectivity index (χ4n) is 2.62. The number of morpholine rings is 1. The van der Waals surface area contributed by atoms with Gasteiger partial charge in [-0.05, 0) is 24.4 Å². The molecule has 0 aromatic carbocycles. The molecule has 1 atom stereocenters. The minimum absolute atomic E-state index is 0.1000. The van der Waals surface area contributed by atoms with Gasteiger partial charge in [-0.3, -0.25) is 9.59 Å². The van der Waals surface area contributed by atoms with Crippen LogP contribution in [0.25, 0.3) is 0 Å². The third-order valence-electron chi connectivity index (χ3n) is 3.80. The van der Waals surface area contributed by atoms with Gasteiger partial charge in [0.05, 0.1) is 18.8 Å². The van der Waals surface area contributed by atoms with E-state index in [1.807, 2.05) is 13.8 Å². The highest BCUT2D eigenvalue weighted by atomic mass is 32.1. The zero-order valence-corrected chi connectivity index (χ0v) is 14.6. The number of hydrogen-bond acceptors (Lipinski definition) is 7. The summed E-state index contributed by atoms with van der Waals surface area (Å²) < 4.78 is 9.61. The lowest BCUT2D eigenvalue weighted by Gasteiger charge is -2.32. The molecule has 1 amide bonds. The van der Waals surface area contributed by atoms with Gasteiger partial charge in [-0.15, -0.1) is 5.10 Å². The molecular formula is C15H19N5O3S. The van der Waals surface area contributed by atoms with Crippen molar-refractivity contribution in [1.82, 2.24) is 24.5 Å². The number of carbonyl (C=O) groups is 1. The fourth-order valence-corrected chi connectivity index (χ4v) is 3.41. The first-order valence-electron chi connectivity index (χ1n) is 7.76. The molecule has 128 valence electrons. The van der Waals surface area contributed by atoms with Crippen molar-refractivity contribution >= 4 is 17.4 Å². The van der Waals surface area contributed by atoms with Crippen LogP contribution in [-0.4, -0.2) is 50.1 Å². The molecule has 24 heavy (non-hydrogen) atoms. The van der Waals surface area contributed by atoms with Crippen LogP contribution in [0, 0.1) is 6.92 Å². The van der Waals surface area contributed by atoms with Crippen molar-refractivity contribution in [2.45, 2.75) is 32.8 Å². The zero-order chi connectivity index (χ0) is 17.3. The second-order valence-electron chi connectivity index (χ2n) is 6.02. The minimum Gasteiger partial charge on any atom is -0.367 e. The molecule has 1 fully saturated rings. The standard InChI is InChI=1S/C15H19N5O3S/c1-8(2)12-13(24-19-18-12)15(22)20-4-5-23-10(7-20)14-16-9(3)6-11(21)17-14/h6,8,10H,4-5,7H2,1-3H3,(H,16,17,21)/t10-/m1/s1. The summed E-state index contributed by atoms with van der Waals surface area (Å²) in [6.45, 7) is 6.93. The van der Waals surface area contributed by atoms with E-state index in [-0.39, 0.29) is 17.4 Å². The van der Waals surface area contributed by atoms with Crippen molar-refractivity contribution in [1.29, 1.82) is 0 Å². The fraction of sp³-hybridized carbons (Fsp3) is 0.533. The molecule has 0 unspecified atom stereocenters. The molecule has 0 radical (unpaired) electrons. The number of aryl methyl sites for hydroxylation is 1. The van der Waals surface area contributed by atoms with Crippen LogP contribution in [0.15, 0.2) is 10.9 Å². The van der Waals surface area contributed by atoms with Crippen molar-refractivity contribution in [2.75, 3.05) is 19.7 Å². The van der Waals surface area contributed by atoms with E-state index in [9.17, 15) is 9.59 Å².